The van der Waals surface area contributed by atoms with Gasteiger partial charge in [0.1, 0.15) is 0 Å². The first-order chi connectivity index (χ1) is 14.1. The van der Waals surface area contributed by atoms with E-state index in [9.17, 15) is 21.6 Å². The lowest BCUT2D eigenvalue weighted by molar-refractivity contribution is -0.137. The number of sulfonamides is 1. The third-order valence-corrected chi connectivity index (χ3v) is 8.06. The fourth-order valence-corrected chi connectivity index (χ4v) is 5.56. The van der Waals surface area contributed by atoms with E-state index in [0.717, 1.165) is 75.9 Å². The molecule has 2 rings (SSSR count). The third-order valence-electron chi connectivity index (χ3n) is 6.14. The number of alkyl halides is 3. The Morgan fingerprint density at radius 2 is 1.67 bits per heavy atom. The van der Waals surface area contributed by atoms with Crippen molar-refractivity contribution < 1.29 is 26.7 Å². The van der Waals surface area contributed by atoms with Crippen molar-refractivity contribution >= 4 is 10.0 Å². The van der Waals surface area contributed by atoms with Crippen molar-refractivity contribution in [3.63, 3.8) is 0 Å². The lowest BCUT2D eigenvalue weighted by Gasteiger charge is -2.34. The van der Waals surface area contributed by atoms with Crippen LogP contribution in [-0.4, -0.2) is 62.1 Å². The molecule has 1 N–H and O–H groups in total. The highest BCUT2D eigenvalue weighted by Gasteiger charge is 2.33. The number of aliphatic hydroxyl groups excluding tert-OH is 1. The maximum absolute atomic E-state index is 12.8. The summed E-state index contributed by atoms with van der Waals surface area (Å²) in [5.41, 5.74) is -0.856. The number of benzene rings is 1. The highest BCUT2D eigenvalue weighted by Crippen LogP contribution is 2.33. The summed E-state index contributed by atoms with van der Waals surface area (Å²) in [6, 6.07) is 3.57. The molecule has 0 bridgehead atoms. The number of nitrogens with zero attached hydrogens (tertiary/aromatic N) is 2. The van der Waals surface area contributed by atoms with Gasteiger partial charge in [-0.1, -0.05) is 6.92 Å². The molecule has 0 radical (unpaired) electrons. The fraction of sp³-hybridized carbons (Fsp3) is 0.714. The number of aliphatic hydroxyl groups is 1. The second kappa shape index (κ2) is 10.9. The summed E-state index contributed by atoms with van der Waals surface area (Å²) >= 11 is 0. The third kappa shape index (κ3) is 6.67. The van der Waals surface area contributed by atoms with Gasteiger partial charge < -0.3 is 10.0 Å². The summed E-state index contributed by atoms with van der Waals surface area (Å²) in [6.07, 6.45) is 1.07. The fourth-order valence-electron chi connectivity index (χ4n) is 4.15. The smallest absolute Gasteiger partial charge is 0.395 e. The van der Waals surface area contributed by atoms with Crippen molar-refractivity contribution in [1.82, 2.24) is 9.21 Å². The van der Waals surface area contributed by atoms with Crippen LogP contribution in [0.4, 0.5) is 13.2 Å². The topological polar surface area (TPSA) is 60.9 Å². The minimum atomic E-state index is -4.49. The number of hydrogen-bond donors (Lipinski definition) is 1. The molecule has 0 saturated heterocycles. The van der Waals surface area contributed by atoms with Crippen LogP contribution in [0.5, 0.6) is 0 Å². The molecule has 5 nitrogen and oxygen atoms in total. The summed E-state index contributed by atoms with van der Waals surface area (Å²) in [7, 11) is -2.30. The van der Waals surface area contributed by atoms with E-state index in [1.165, 1.54) is 11.4 Å². The second-order valence-electron chi connectivity index (χ2n) is 8.02. The monoisotopic (exact) mass is 450 g/mol. The molecule has 1 aliphatic carbocycles. The van der Waals surface area contributed by atoms with Crippen LogP contribution in [0.15, 0.2) is 29.2 Å². The molecule has 1 fully saturated rings. The number of rotatable bonds is 10. The van der Waals surface area contributed by atoms with Gasteiger partial charge in [0.2, 0.25) is 10.0 Å². The van der Waals surface area contributed by atoms with Gasteiger partial charge in [0.25, 0.3) is 0 Å². The van der Waals surface area contributed by atoms with Crippen LogP contribution < -0.4 is 0 Å². The van der Waals surface area contributed by atoms with E-state index in [1.54, 1.807) is 0 Å². The lowest BCUT2D eigenvalue weighted by Crippen LogP contribution is -2.39. The zero-order valence-corrected chi connectivity index (χ0v) is 18.6. The molecule has 1 aromatic rings. The Morgan fingerprint density at radius 1 is 1.07 bits per heavy atom. The van der Waals surface area contributed by atoms with E-state index in [0.29, 0.717) is 12.5 Å². The summed E-state index contributed by atoms with van der Waals surface area (Å²) in [6.45, 7) is 4.81. The molecule has 0 unspecified atom stereocenters. The summed E-state index contributed by atoms with van der Waals surface area (Å²) < 4.78 is 65.2. The Balaban J connectivity index is 1.87. The van der Waals surface area contributed by atoms with Crippen LogP contribution >= 0.6 is 0 Å². The van der Waals surface area contributed by atoms with Crippen molar-refractivity contribution in [3.05, 3.63) is 29.8 Å². The van der Waals surface area contributed by atoms with Crippen LogP contribution in [0.1, 0.15) is 51.0 Å². The Labute approximate surface area is 177 Å². The maximum Gasteiger partial charge on any atom is 0.416 e. The van der Waals surface area contributed by atoms with Crippen molar-refractivity contribution in [3.8, 4) is 0 Å². The zero-order chi connectivity index (χ0) is 22.4. The van der Waals surface area contributed by atoms with Gasteiger partial charge in [-0.3, -0.25) is 0 Å². The van der Waals surface area contributed by atoms with Gasteiger partial charge in [-0.25, -0.2) is 8.42 Å². The largest absolute Gasteiger partial charge is 0.416 e. The lowest BCUT2D eigenvalue weighted by atomic mass is 9.83. The average molecular weight is 451 g/mol. The molecule has 0 heterocycles. The molecular formula is C21H33F3N2O3S. The van der Waals surface area contributed by atoms with E-state index in [2.05, 4.69) is 11.8 Å². The Kier molecular flexibility index (Phi) is 9.14. The zero-order valence-electron chi connectivity index (χ0n) is 17.7. The van der Waals surface area contributed by atoms with E-state index in [1.807, 2.05) is 0 Å². The van der Waals surface area contributed by atoms with Crippen LogP contribution in [-0.2, 0) is 16.2 Å². The van der Waals surface area contributed by atoms with Crippen molar-refractivity contribution in [2.45, 2.75) is 62.6 Å². The highest BCUT2D eigenvalue weighted by molar-refractivity contribution is 7.89. The Bertz CT molecular complexity index is 746. The SMILES string of the molecule is CCN(CCO)CCCC1CCC(N(C)S(=O)(=O)c2ccc(C(F)(F)F)cc2)CC1. The maximum atomic E-state index is 12.8. The Morgan fingerprint density at radius 3 is 2.17 bits per heavy atom. The summed E-state index contributed by atoms with van der Waals surface area (Å²) in [4.78, 5) is 2.11. The van der Waals surface area contributed by atoms with Gasteiger partial charge >= 0.3 is 6.18 Å². The number of likely N-dealkylation sites (N-methyl/N-ethyl adjacent to an activating group) is 1. The first-order valence-corrected chi connectivity index (χ1v) is 12.0. The van der Waals surface area contributed by atoms with Crippen molar-refractivity contribution in [2.24, 2.45) is 5.92 Å². The molecule has 0 amide bonds. The van der Waals surface area contributed by atoms with E-state index in [-0.39, 0.29) is 17.5 Å². The molecule has 1 saturated carbocycles. The molecule has 9 heteroatoms. The van der Waals surface area contributed by atoms with Gasteiger partial charge in [0.15, 0.2) is 0 Å². The van der Waals surface area contributed by atoms with Crippen molar-refractivity contribution in [2.75, 3.05) is 33.3 Å². The average Bonchev–Trinajstić information content (AvgIpc) is 2.72. The molecule has 0 spiro atoms. The van der Waals surface area contributed by atoms with E-state index in [4.69, 9.17) is 5.11 Å². The molecule has 0 aromatic heterocycles. The van der Waals surface area contributed by atoms with Gasteiger partial charge in [-0.15, -0.1) is 0 Å². The first kappa shape index (κ1) is 25.1. The molecule has 172 valence electrons. The highest BCUT2D eigenvalue weighted by atomic mass is 32.2. The molecule has 0 aliphatic heterocycles. The van der Waals surface area contributed by atoms with Gasteiger partial charge in [-0.2, -0.15) is 17.5 Å². The molecule has 1 aliphatic rings. The molecule has 1 aromatic carbocycles. The van der Waals surface area contributed by atoms with Gasteiger partial charge in [0, 0.05) is 19.6 Å². The minimum absolute atomic E-state index is 0.108. The second-order valence-corrected chi connectivity index (χ2v) is 10.0. The van der Waals surface area contributed by atoms with Crippen molar-refractivity contribution in [1.29, 1.82) is 0 Å². The molecule has 30 heavy (non-hydrogen) atoms. The van der Waals surface area contributed by atoms with Crippen LogP contribution in [0, 0.1) is 5.92 Å². The normalized spacial score (nSPS) is 20.8. The molecule has 0 atom stereocenters. The van der Waals surface area contributed by atoms with E-state index >= 15 is 0 Å². The minimum Gasteiger partial charge on any atom is -0.395 e. The quantitative estimate of drug-likeness (QED) is 0.586. The van der Waals surface area contributed by atoms with Gasteiger partial charge in [-0.05, 0) is 81.8 Å². The first-order valence-electron chi connectivity index (χ1n) is 10.6. The Hall–Kier alpha value is -1.16. The predicted molar refractivity (Wildman–Crippen MR) is 111 cm³/mol. The standard InChI is InChI=1S/C21H33F3N2O3S/c1-3-26(15-16-27)14-4-5-17-6-10-19(11-7-17)25(2)30(28,29)20-12-8-18(9-13-20)21(22,23)24/h8-9,12-13,17,19,27H,3-7,10-11,14-16H2,1-2H3. The van der Waals surface area contributed by atoms with E-state index < -0.39 is 21.8 Å². The summed E-state index contributed by atoms with van der Waals surface area (Å²) in [5, 5.41) is 9.05. The molecular weight excluding hydrogens is 417 g/mol. The van der Waals surface area contributed by atoms with Crippen LogP contribution in [0.2, 0.25) is 0 Å². The van der Waals surface area contributed by atoms with Crippen LogP contribution in [0.3, 0.4) is 0 Å². The van der Waals surface area contributed by atoms with Crippen LogP contribution in [0.25, 0.3) is 0 Å². The van der Waals surface area contributed by atoms with Gasteiger partial charge in [0.05, 0.1) is 17.1 Å². The number of halogens is 3. The summed E-state index contributed by atoms with van der Waals surface area (Å²) in [5.74, 6) is 0.566. The predicted octanol–water partition coefficient (Wildman–Crippen LogP) is 3.98. The number of hydrogen-bond acceptors (Lipinski definition) is 4.